The van der Waals surface area contributed by atoms with E-state index in [1.54, 1.807) is 0 Å². The summed E-state index contributed by atoms with van der Waals surface area (Å²) in [6, 6.07) is 10.5. The maximum absolute atomic E-state index is 12.3. The van der Waals surface area contributed by atoms with Crippen LogP contribution in [0.15, 0.2) is 39.9 Å². The van der Waals surface area contributed by atoms with Gasteiger partial charge in [-0.1, -0.05) is 30.3 Å². The number of nitrogens with one attached hydrogen (secondary N) is 2. The van der Waals surface area contributed by atoms with Gasteiger partial charge in [-0.3, -0.25) is 14.7 Å². The molecule has 2 aliphatic rings. The minimum Gasteiger partial charge on any atom is -0.311 e. The fourth-order valence-electron chi connectivity index (χ4n) is 4.25. The number of nitrogens with zero attached hydrogens (tertiary/aromatic N) is 1. The molecule has 5 heteroatoms. The van der Waals surface area contributed by atoms with Crippen LogP contribution in [0.4, 0.5) is 0 Å². The normalized spacial score (nSPS) is 19.8. The predicted molar refractivity (Wildman–Crippen MR) is 88.6 cm³/mol. The van der Waals surface area contributed by atoms with Crippen LogP contribution in [0.3, 0.4) is 0 Å². The first-order chi connectivity index (χ1) is 11.2. The number of rotatable bonds is 2. The van der Waals surface area contributed by atoms with Gasteiger partial charge < -0.3 is 4.98 Å². The molecule has 5 nitrogen and oxygen atoms in total. The van der Waals surface area contributed by atoms with E-state index >= 15 is 0 Å². The molecule has 0 amide bonds. The molecule has 0 atom stereocenters. The van der Waals surface area contributed by atoms with E-state index < -0.39 is 0 Å². The van der Waals surface area contributed by atoms with Crippen molar-refractivity contribution in [3.05, 3.63) is 68.0 Å². The van der Waals surface area contributed by atoms with Gasteiger partial charge >= 0.3 is 5.69 Å². The molecule has 1 aliphatic heterocycles. The Kier molecular flexibility index (Phi) is 3.45. The van der Waals surface area contributed by atoms with Gasteiger partial charge in [-0.2, -0.15) is 0 Å². The van der Waals surface area contributed by atoms with E-state index in [0.29, 0.717) is 0 Å². The van der Waals surface area contributed by atoms with Crippen molar-refractivity contribution in [1.82, 2.24) is 14.9 Å². The van der Waals surface area contributed by atoms with E-state index in [1.165, 1.54) is 5.56 Å². The smallest absolute Gasteiger partial charge is 0.311 e. The lowest BCUT2D eigenvalue weighted by molar-refractivity contribution is 0.151. The molecule has 1 spiro atoms. The Hall–Kier alpha value is -2.14. The second kappa shape index (κ2) is 5.49. The summed E-state index contributed by atoms with van der Waals surface area (Å²) in [7, 11) is 0. The highest BCUT2D eigenvalue weighted by molar-refractivity contribution is 5.33. The summed E-state index contributed by atoms with van der Waals surface area (Å²) in [6.07, 6.45) is 3.77. The zero-order valence-electron chi connectivity index (χ0n) is 13.1. The largest absolute Gasteiger partial charge is 0.325 e. The summed E-state index contributed by atoms with van der Waals surface area (Å²) in [5.41, 5.74) is 2.43. The van der Waals surface area contributed by atoms with E-state index in [-0.39, 0.29) is 16.7 Å². The maximum Gasteiger partial charge on any atom is 0.325 e. The van der Waals surface area contributed by atoms with Crippen LogP contribution in [-0.4, -0.2) is 28.0 Å². The fraction of sp³-hybridized carbons (Fsp3) is 0.444. The Morgan fingerprint density at radius 1 is 1.00 bits per heavy atom. The lowest BCUT2D eigenvalue weighted by Crippen LogP contribution is -2.44. The van der Waals surface area contributed by atoms with Gasteiger partial charge in [0.2, 0.25) is 0 Å². The van der Waals surface area contributed by atoms with Crippen molar-refractivity contribution in [1.29, 1.82) is 0 Å². The van der Waals surface area contributed by atoms with Crippen molar-refractivity contribution >= 4 is 0 Å². The summed E-state index contributed by atoms with van der Waals surface area (Å²) in [4.78, 5) is 31.4. The van der Waals surface area contributed by atoms with Gasteiger partial charge in [0, 0.05) is 23.2 Å². The third-order valence-corrected chi connectivity index (χ3v) is 5.47. The summed E-state index contributed by atoms with van der Waals surface area (Å²) < 4.78 is 0. The zero-order valence-corrected chi connectivity index (χ0v) is 13.1. The van der Waals surface area contributed by atoms with E-state index in [1.807, 2.05) is 6.07 Å². The lowest BCUT2D eigenvalue weighted by atomic mass is 9.74. The maximum atomic E-state index is 12.3. The van der Waals surface area contributed by atoms with E-state index in [0.717, 1.165) is 56.6 Å². The molecule has 2 heterocycles. The van der Waals surface area contributed by atoms with Crippen molar-refractivity contribution in [3.8, 4) is 0 Å². The van der Waals surface area contributed by atoms with E-state index in [4.69, 9.17) is 0 Å². The van der Waals surface area contributed by atoms with Crippen LogP contribution in [-0.2, 0) is 18.4 Å². The first-order valence-electron chi connectivity index (χ1n) is 8.29. The van der Waals surface area contributed by atoms with Crippen LogP contribution in [0.25, 0.3) is 0 Å². The average molecular weight is 311 g/mol. The number of aromatic amines is 2. The van der Waals surface area contributed by atoms with Crippen LogP contribution < -0.4 is 11.2 Å². The van der Waals surface area contributed by atoms with Crippen LogP contribution in [0.2, 0.25) is 0 Å². The quantitative estimate of drug-likeness (QED) is 0.884. The highest BCUT2D eigenvalue weighted by atomic mass is 16.2. The van der Waals surface area contributed by atoms with Crippen molar-refractivity contribution in [2.75, 3.05) is 13.1 Å². The van der Waals surface area contributed by atoms with Crippen LogP contribution in [0, 0.1) is 0 Å². The van der Waals surface area contributed by atoms with Crippen LogP contribution in [0.1, 0.15) is 36.1 Å². The Labute approximate surface area is 134 Å². The molecule has 1 saturated heterocycles. The third kappa shape index (κ3) is 2.55. The van der Waals surface area contributed by atoms with Crippen LogP contribution in [0.5, 0.6) is 0 Å². The van der Waals surface area contributed by atoms with Gasteiger partial charge in [0.15, 0.2) is 0 Å². The molecule has 0 bridgehead atoms. The number of hydrogen-bond donors (Lipinski definition) is 2. The molecule has 4 rings (SSSR count). The molecule has 0 saturated carbocycles. The second-order valence-electron chi connectivity index (χ2n) is 6.80. The molecule has 1 aromatic carbocycles. The first kappa shape index (κ1) is 14.5. The van der Waals surface area contributed by atoms with E-state index in [9.17, 15) is 9.59 Å². The van der Waals surface area contributed by atoms with Crippen molar-refractivity contribution in [3.63, 3.8) is 0 Å². The summed E-state index contributed by atoms with van der Waals surface area (Å²) in [5, 5.41) is 0. The molecule has 2 aromatic rings. The van der Waals surface area contributed by atoms with Crippen LogP contribution >= 0.6 is 0 Å². The van der Waals surface area contributed by atoms with Gasteiger partial charge in [-0.15, -0.1) is 0 Å². The minimum atomic E-state index is -0.382. The second-order valence-corrected chi connectivity index (χ2v) is 6.80. The Balaban J connectivity index is 1.53. The number of aromatic nitrogens is 2. The number of hydrogen-bond acceptors (Lipinski definition) is 3. The molecule has 2 N–H and O–H groups in total. The molecule has 1 fully saturated rings. The molecular formula is C18H21N3O2. The number of H-pyrrole nitrogens is 2. The van der Waals surface area contributed by atoms with Gasteiger partial charge in [0.05, 0.1) is 0 Å². The minimum absolute atomic E-state index is 0.0414. The summed E-state index contributed by atoms with van der Waals surface area (Å²) in [5.74, 6) is 0. The summed E-state index contributed by atoms with van der Waals surface area (Å²) >= 11 is 0. The monoisotopic (exact) mass is 311 g/mol. The number of piperidine rings is 1. The molecule has 23 heavy (non-hydrogen) atoms. The molecule has 0 radical (unpaired) electrons. The number of fused-ring (bicyclic) bond motifs is 2. The zero-order chi connectivity index (χ0) is 15.9. The fourth-order valence-corrected chi connectivity index (χ4v) is 4.25. The SMILES string of the molecule is O=c1[nH]c2c(c(=O)[nH]1)C1(CC2)CCN(Cc2ccccc2)CC1. The molecular weight excluding hydrogens is 290 g/mol. The standard InChI is InChI=1S/C18H21N3O2/c22-16-15-14(19-17(23)20-16)6-7-18(15)8-10-21(11-9-18)12-13-4-2-1-3-5-13/h1-5H,6-12H2,(H2,19,20,22,23). The third-order valence-electron chi connectivity index (χ3n) is 5.47. The Morgan fingerprint density at radius 3 is 2.48 bits per heavy atom. The van der Waals surface area contributed by atoms with Gasteiger partial charge in [-0.05, 0) is 44.3 Å². The summed E-state index contributed by atoms with van der Waals surface area (Å²) in [6.45, 7) is 2.95. The number of likely N-dealkylation sites (tertiary alicyclic amines) is 1. The topological polar surface area (TPSA) is 69.0 Å². The first-order valence-corrected chi connectivity index (χ1v) is 8.29. The molecule has 1 aromatic heterocycles. The van der Waals surface area contributed by atoms with Crippen molar-refractivity contribution < 1.29 is 0 Å². The molecule has 120 valence electrons. The van der Waals surface area contributed by atoms with Gasteiger partial charge in [-0.25, -0.2) is 4.79 Å². The lowest BCUT2D eigenvalue weighted by Gasteiger charge is -2.39. The Bertz CT molecular complexity index is 814. The number of aryl methyl sites for hydroxylation is 1. The average Bonchev–Trinajstić information content (AvgIpc) is 2.89. The van der Waals surface area contributed by atoms with Crippen molar-refractivity contribution in [2.24, 2.45) is 0 Å². The highest BCUT2D eigenvalue weighted by Gasteiger charge is 2.43. The predicted octanol–water partition coefficient (Wildman–Crippen LogP) is 1.54. The van der Waals surface area contributed by atoms with E-state index in [2.05, 4.69) is 39.1 Å². The highest BCUT2D eigenvalue weighted by Crippen LogP contribution is 2.43. The van der Waals surface area contributed by atoms with Gasteiger partial charge in [0.1, 0.15) is 0 Å². The van der Waals surface area contributed by atoms with Crippen molar-refractivity contribution in [2.45, 2.75) is 37.6 Å². The Morgan fingerprint density at radius 2 is 1.74 bits per heavy atom. The molecule has 0 unspecified atom stereocenters. The van der Waals surface area contributed by atoms with Gasteiger partial charge in [0.25, 0.3) is 5.56 Å². The number of benzene rings is 1. The molecule has 1 aliphatic carbocycles.